The summed E-state index contributed by atoms with van der Waals surface area (Å²) in [4.78, 5) is 14.6. The number of hydrogen-bond donors (Lipinski definition) is 5. The maximum Gasteiger partial charge on any atom is 0.320 e. The number of anilines is 1. The smallest absolute Gasteiger partial charge is 0.320 e. The summed E-state index contributed by atoms with van der Waals surface area (Å²) in [5.41, 5.74) is 18.0. The number of carboxylic acid groups (broad SMARTS) is 1. The molecule has 0 saturated heterocycles. The molecule has 0 fully saturated rings. The highest BCUT2D eigenvalue weighted by Crippen LogP contribution is 2.28. The number of nitrogens with zero attached hydrogens (tertiary/aromatic N) is 1. The molecule has 0 radical (unpaired) electrons. The number of hydrogen-bond acceptors (Lipinski definition) is 7. The number of aromatic nitrogens is 1. The number of pyridine rings is 1. The maximum absolute atomic E-state index is 10.1. The van der Waals surface area contributed by atoms with Crippen LogP contribution in [0.25, 0.3) is 10.9 Å². The zero-order valence-corrected chi connectivity index (χ0v) is 17.4. The number of fused-ring (bicyclic) bond motifs is 1. The maximum atomic E-state index is 10.1. The summed E-state index contributed by atoms with van der Waals surface area (Å²) in [6.45, 7) is 3.49. The quantitative estimate of drug-likeness (QED) is 0.357. The average Bonchev–Trinajstić information content (AvgIpc) is 2.72. The summed E-state index contributed by atoms with van der Waals surface area (Å²) in [5.74, 6) is -0.0916. The normalized spacial score (nSPS) is 12.6. The van der Waals surface area contributed by atoms with Crippen LogP contribution in [0.4, 0.5) is 5.69 Å². The van der Waals surface area contributed by atoms with Crippen molar-refractivity contribution in [2.24, 2.45) is 17.2 Å². The molecule has 8 N–H and O–H groups in total. The van der Waals surface area contributed by atoms with Crippen LogP contribution in [0.15, 0.2) is 30.5 Å². The van der Waals surface area contributed by atoms with Crippen LogP contribution in [0.3, 0.4) is 0 Å². The first kappa shape index (κ1) is 24.6. The van der Waals surface area contributed by atoms with E-state index < -0.39 is 12.0 Å². The molecule has 0 saturated carbocycles. The lowest BCUT2D eigenvalue weighted by molar-refractivity contribution is -0.138. The predicted octanol–water partition coefficient (Wildman–Crippen LogP) is 2.31. The van der Waals surface area contributed by atoms with Gasteiger partial charge in [-0.05, 0) is 57.8 Å². The van der Waals surface area contributed by atoms with Crippen molar-refractivity contribution in [2.45, 2.75) is 51.1 Å². The van der Waals surface area contributed by atoms with E-state index >= 15 is 0 Å². The lowest BCUT2D eigenvalue weighted by Gasteiger charge is -2.17. The molecule has 0 amide bonds. The van der Waals surface area contributed by atoms with Crippen LogP contribution in [0.2, 0.25) is 0 Å². The van der Waals surface area contributed by atoms with Crippen LogP contribution in [0.5, 0.6) is 5.75 Å². The van der Waals surface area contributed by atoms with Gasteiger partial charge in [-0.3, -0.25) is 9.78 Å². The molecule has 0 aliphatic carbocycles. The first-order chi connectivity index (χ1) is 13.9. The second-order valence-corrected chi connectivity index (χ2v) is 6.96. The standard InChI is InChI=1S/C15H21N3O.C6H14N2O2/c1-11(5-3-7-16)18-14-10-13(19-2)9-12-6-4-8-17-15(12)14;7-4-2-1-3-5(8)6(9)10/h4,6,8-11,18H,3,5,7,16H2,1-2H3;5H,1-4,7-8H2,(H,9,10). The largest absolute Gasteiger partial charge is 0.497 e. The number of aliphatic carboxylic acids is 1. The van der Waals surface area contributed by atoms with E-state index in [1.165, 1.54) is 0 Å². The van der Waals surface area contributed by atoms with Gasteiger partial charge in [-0.1, -0.05) is 12.5 Å². The second kappa shape index (κ2) is 13.7. The number of rotatable bonds is 11. The minimum atomic E-state index is -0.933. The van der Waals surface area contributed by atoms with Gasteiger partial charge in [0, 0.05) is 23.7 Å². The van der Waals surface area contributed by atoms with Crippen LogP contribution >= 0.6 is 0 Å². The fourth-order valence-corrected chi connectivity index (χ4v) is 2.79. The molecule has 1 aromatic heterocycles. The van der Waals surface area contributed by atoms with Gasteiger partial charge in [-0.2, -0.15) is 0 Å². The molecule has 0 aliphatic rings. The van der Waals surface area contributed by atoms with E-state index in [4.69, 9.17) is 27.0 Å². The Hall–Kier alpha value is -2.42. The van der Waals surface area contributed by atoms with Crippen LogP contribution in [-0.4, -0.2) is 48.3 Å². The Morgan fingerprint density at radius 1 is 1.21 bits per heavy atom. The van der Waals surface area contributed by atoms with Crippen molar-refractivity contribution in [3.05, 3.63) is 30.5 Å². The van der Waals surface area contributed by atoms with Crippen LogP contribution in [0.1, 0.15) is 39.0 Å². The summed E-state index contributed by atoms with van der Waals surface area (Å²) in [6.07, 6.45) is 6.04. The first-order valence-corrected chi connectivity index (χ1v) is 10.0. The Balaban J connectivity index is 0.000000359. The molecule has 0 bridgehead atoms. The van der Waals surface area contributed by atoms with E-state index in [1.807, 2.05) is 30.5 Å². The summed E-state index contributed by atoms with van der Waals surface area (Å²) in [7, 11) is 1.68. The third-order valence-corrected chi connectivity index (χ3v) is 4.44. The van der Waals surface area contributed by atoms with Gasteiger partial charge in [-0.25, -0.2) is 0 Å². The van der Waals surface area contributed by atoms with Crippen LogP contribution in [0, 0.1) is 0 Å². The van der Waals surface area contributed by atoms with Gasteiger partial charge in [0.1, 0.15) is 11.8 Å². The van der Waals surface area contributed by atoms with Crippen molar-refractivity contribution < 1.29 is 14.6 Å². The zero-order chi connectivity index (χ0) is 21.6. The van der Waals surface area contributed by atoms with Crippen molar-refractivity contribution in [3.8, 4) is 5.75 Å². The van der Waals surface area contributed by atoms with E-state index in [2.05, 4.69) is 17.2 Å². The van der Waals surface area contributed by atoms with Gasteiger partial charge in [-0.15, -0.1) is 0 Å². The van der Waals surface area contributed by atoms with E-state index in [0.717, 1.165) is 54.6 Å². The van der Waals surface area contributed by atoms with E-state index in [9.17, 15) is 4.79 Å². The molecule has 1 aromatic carbocycles. The molecule has 8 nitrogen and oxygen atoms in total. The molecule has 1 heterocycles. The summed E-state index contributed by atoms with van der Waals surface area (Å²) >= 11 is 0. The number of carboxylic acids is 1. The summed E-state index contributed by atoms with van der Waals surface area (Å²) in [6, 6.07) is 7.61. The molecular weight excluding hydrogens is 370 g/mol. The lowest BCUT2D eigenvalue weighted by Crippen LogP contribution is -2.29. The minimum Gasteiger partial charge on any atom is -0.497 e. The first-order valence-electron chi connectivity index (χ1n) is 10.0. The Morgan fingerprint density at radius 2 is 1.93 bits per heavy atom. The fourth-order valence-electron chi connectivity index (χ4n) is 2.79. The molecule has 8 heteroatoms. The Kier molecular flexibility index (Phi) is 11.6. The van der Waals surface area contributed by atoms with Crippen molar-refractivity contribution in [1.29, 1.82) is 0 Å². The molecule has 162 valence electrons. The summed E-state index contributed by atoms with van der Waals surface area (Å²) in [5, 5.41) is 12.9. The van der Waals surface area contributed by atoms with Gasteiger partial charge in [0.05, 0.1) is 18.3 Å². The summed E-state index contributed by atoms with van der Waals surface area (Å²) < 4.78 is 5.34. The van der Waals surface area contributed by atoms with Crippen molar-refractivity contribution in [3.63, 3.8) is 0 Å². The zero-order valence-electron chi connectivity index (χ0n) is 17.4. The molecule has 29 heavy (non-hydrogen) atoms. The number of carbonyl (C=O) groups is 1. The van der Waals surface area contributed by atoms with Crippen molar-refractivity contribution in [1.82, 2.24) is 4.98 Å². The van der Waals surface area contributed by atoms with Crippen molar-refractivity contribution in [2.75, 3.05) is 25.5 Å². The van der Waals surface area contributed by atoms with Gasteiger partial charge >= 0.3 is 5.97 Å². The number of nitrogens with two attached hydrogens (primary N) is 3. The van der Waals surface area contributed by atoms with Gasteiger partial charge in [0.2, 0.25) is 0 Å². The van der Waals surface area contributed by atoms with Crippen LogP contribution in [-0.2, 0) is 4.79 Å². The number of unbranched alkanes of at least 4 members (excludes halogenated alkanes) is 1. The third-order valence-electron chi connectivity index (χ3n) is 4.44. The van der Waals surface area contributed by atoms with Gasteiger partial charge in [0.25, 0.3) is 0 Å². The number of ether oxygens (including phenoxy) is 1. The van der Waals surface area contributed by atoms with Crippen molar-refractivity contribution >= 4 is 22.6 Å². The molecule has 0 spiro atoms. The Bertz CT molecular complexity index is 741. The molecule has 2 atom stereocenters. The SMILES string of the molecule is COc1cc(NC(C)CCCN)c2ncccc2c1.NCCCCC(N)C(=O)O. The topological polar surface area (TPSA) is 150 Å². The molecule has 2 aromatic rings. The monoisotopic (exact) mass is 405 g/mol. The number of benzene rings is 1. The number of nitrogens with one attached hydrogen (secondary N) is 1. The third kappa shape index (κ3) is 9.08. The molecular formula is C21H35N5O3. The van der Waals surface area contributed by atoms with E-state index in [-0.39, 0.29) is 0 Å². The highest BCUT2D eigenvalue weighted by molar-refractivity contribution is 5.91. The lowest BCUT2D eigenvalue weighted by atomic mass is 10.1. The molecule has 2 rings (SSSR count). The van der Waals surface area contributed by atoms with E-state index in [0.29, 0.717) is 19.0 Å². The minimum absolute atomic E-state index is 0.362. The van der Waals surface area contributed by atoms with Gasteiger partial charge < -0.3 is 32.4 Å². The van der Waals surface area contributed by atoms with Crippen LogP contribution < -0.4 is 27.3 Å². The fraction of sp³-hybridized carbons (Fsp3) is 0.524. The highest BCUT2D eigenvalue weighted by Gasteiger charge is 2.09. The highest BCUT2D eigenvalue weighted by atomic mass is 16.5. The molecule has 0 aliphatic heterocycles. The Labute approximate surface area is 172 Å². The second-order valence-electron chi connectivity index (χ2n) is 6.96. The molecule has 2 unspecified atom stereocenters. The average molecular weight is 406 g/mol. The van der Waals surface area contributed by atoms with E-state index in [1.54, 1.807) is 7.11 Å². The predicted molar refractivity (Wildman–Crippen MR) is 118 cm³/mol. The van der Waals surface area contributed by atoms with Gasteiger partial charge in [0.15, 0.2) is 0 Å². The number of methoxy groups -OCH3 is 1. The Morgan fingerprint density at radius 3 is 2.55 bits per heavy atom.